The van der Waals surface area contributed by atoms with Crippen LogP contribution in [0.4, 0.5) is 0 Å². The summed E-state index contributed by atoms with van der Waals surface area (Å²) in [7, 11) is 1.80. The number of halogens is 1. The topological polar surface area (TPSA) is 53.9 Å². The first kappa shape index (κ1) is 22.2. The maximum Gasteiger partial charge on any atom is 0.310 e. The zero-order valence-electron chi connectivity index (χ0n) is 15.6. The number of rotatable bonds is 5. The molecule has 1 unspecified atom stereocenters. The Morgan fingerprint density at radius 3 is 2.88 bits per heavy atom. The summed E-state index contributed by atoms with van der Waals surface area (Å²) in [5.41, 5.74) is 0.0421. The highest BCUT2D eigenvalue weighted by atomic mass is 127. The first-order valence-electron chi connectivity index (χ1n) is 8.64. The number of ether oxygens (including phenoxy) is 1. The van der Waals surface area contributed by atoms with Crippen molar-refractivity contribution >= 4 is 47.2 Å². The number of aliphatic imine (C=N–C) groups is 1. The summed E-state index contributed by atoms with van der Waals surface area (Å²) in [6.45, 7) is 9.17. The molecule has 1 N–H and O–H groups in total. The van der Waals surface area contributed by atoms with Crippen LogP contribution in [0.1, 0.15) is 38.5 Å². The number of hydrogen-bond acceptors (Lipinski definition) is 4. The molecule has 1 atom stereocenters. The third-order valence-electron chi connectivity index (χ3n) is 4.43. The molecule has 0 amide bonds. The molecule has 0 saturated carbocycles. The molecule has 142 valence electrons. The smallest absolute Gasteiger partial charge is 0.310 e. The summed E-state index contributed by atoms with van der Waals surface area (Å²) >= 11 is 1.78. The minimum Gasteiger partial charge on any atom is -0.466 e. The van der Waals surface area contributed by atoms with E-state index in [1.165, 1.54) is 4.88 Å². The van der Waals surface area contributed by atoms with E-state index in [9.17, 15) is 4.79 Å². The third kappa shape index (κ3) is 6.13. The number of piperidine rings is 1. The van der Waals surface area contributed by atoms with Crippen molar-refractivity contribution in [1.29, 1.82) is 0 Å². The summed E-state index contributed by atoms with van der Waals surface area (Å²) < 4.78 is 5.18. The van der Waals surface area contributed by atoms with E-state index in [1.54, 1.807) is 18.4 Å². The van der Waals surface area contributed by atoms with Gasteiger partial charge in [0.25, 0.3) is 0 Å². The van der Waals surface area contributed by atoms with Gasteiger partial charge >= 0.3 is 5.97 Å². The molecule has 0 bridgehead atoms. The van der Waals surface area contributed by atoms with E-state index in [-0.39, 0.29) is 41.3 Å². The lowest BCUT2D eigenvalue weighted by Crippen LogP contribution is -2.50. The molecule has 0 spiro atoms. The molecule has 2 heterocycles. The SMILES string of the molecule is CCOC(=O)C1CCCN(C(=NC)NCC(C)(C)c2cccs2)C1.I. The molecule has 0 radical (unpaired) electrons. The van der Waals surface area contributed by atoms with Crippen molar-refractivity contribution in [2.45, 2.75) is 39.0 Å². The molecule has 7 heteroatoms. The van der Waals surface area contributed by atoms with Crippen molar-refractivity contribution < 1.29 is 9.53 Å². The third-order valence-corrected chi connectivity index (χ3v) is 5.67. The highest BCUT2D eigenvalue weighted by Crippen LogP contribution is 2.27. The molecule has 1 aromatic heterocycles. The predicted octanol–water partition coefficient (Wildman–Crippen LogP) is 3.49. The van der Waals surface area contributed by atoms with Gasteiger partial charge in [-0.2, -0.15) is 0 Å². The van der Waals surface area contributed by atoms with Gasteiger partial charge in [0.2, 0.25) is 0 Å². The normalized spacial score (nSPS) is 18.5. The Morgan fingerprint density at radius 1 is 1.52 bits per heavy atom. The maximum atomic E-state index is 12.0. The number of carbonyl (C=O) groups excluding carboxylic acids is 1. The van der Waals surface area contributed by atoms with Gasteiger partial charge in [-0.05, 0) is 31.2 Å². The van der Waals surface area contributed by atoms with Crippen LogP contribution in [0.2, 0.25) is 0 Å². The van der Waals surface area contributed by atoms with Gasteiger partial charge < -0.3 is 15.0 Å². The van der Waals surface area contributed by atoms with E-state index in [2.05, 4.69) is 46.6 Å². The molecule has 25 heavy (non-hydrogen) atoms. The number of nitrogens with zero attached hydrogens (tertiary/aromatic N) is 2. The van der Waals surface area contributed by atoms with Crippen molar-refractivity contribution in [3.8, 4) is 0 Å². The number of carbonyl (C=O) groups is 1. The van der Waals surface area contributed by atoms with Crippen LogP contribution in [-0.2, 0) is 14.9 Å². The fourth-order valence-corrected chi connectivity index (χ4v) is 3.86. The Labute approximate surface area is 172 Å². The Morgan fingerprint density at radius 2 is 2.28 bits per heavy atom. The second-order valence-electron chi connectivity index (χ2n) is 6.80. The quantitative estimate of drug-likeness (QED) is 0.304. The average molecular weight is 479 g/mol. The Kier molecular flexibility index (Phi) is 9.20. The van der Waals surface area contributed by atoms with Crippen molar-refractivity contribution in [1.82, 2.24) is 10.2 Å². The second kappa shape index (κ2) is 10.4. The van der Waals surface area contributed by atoms with Crippen LogP contribution in [0, 0.1) is 5.92 Å². The number of guanidine groups is 1. The number of esters is 1. The average Bonchev–Trinajstić information content (AvgIpc) is 3.11. The minimum atomic E-state index is -0.0865. The van der Waals surface area contributed by atoms with Crippen LogP contribution in [0.25, 0.3) is 0 Å². The van der Waals surface area contributed by atoms with Crippen LogP contribution in [0.5, 0.6) is 0 Å². The molecule has 1 fully saturated rings. The highest BCUT2D eigenvalue weighted by Gasteiger charge is 2.29. The van der Waals surface area contributed by atoms with Gasteiger partial charge in [0.15, 0.2) is 5.96 Å². The van der Waals surface area contributed by atoms with Crippen LogP contribution < -0.4 is 5.32 Å². The van der Waals surface area contributed by atoms with Gasteiger partial charge in [0, 0.05) is 37.0 Å². The molecule has 0 aromatic carbocycles. The summed E-state index contributed by atoms with van der Waals surface area (Å²) in [5.74, 6) is 0.729. The molecule has 5 nitrogen and oxygen atoms in total. The monoisotopic (exact) mass is 479 g/mol. The van der Waals surface area contributed by atoms with E-state index in [0.29, 0.717) is 13.2 Å². The van der Waals surface area contributed by atoms with Crippen molar-refractivity contribution in [3.63, 3.8) is 0 Å². The predicted molar refractivity (Wildman–Crippen MR) is 115 cm³/mol. The summed E-state index contributed by atoms with van der Waals surface area (Å²) in [6.07, 6.45) is 1.88. The molecule has 1 aliphatic heterocycles. The first-order valence-corrected chi connectivity index (χ1v) is 9.52. The van der Waals surface area contributed by atoms with Gasteiger partial charge in [-0.1, -0.05) is 19.9 Å². The lowest BCUT2D eigenvalue weighted by atomic mass is 9.91. The van der Waals surface area contributed by atoms with Gasteiger partial charge in [-0.25, -0.2) is 0 Å². The first-order chi connectivity index (χ1) is 11.5. The molecule has 1 aromatic rings. The molecular formula is C18H30IN3O2S. The standard InChI is InChI=1S/C18H29N3O2S.HI/c1-5-23-16(22)14-8-6-10-21(12-14)17(19-4)20-13-18(2,3)15-9-7-11-24-15;/h7,9,11,14H,5-6,8,10,12-13H2,1-4H3,(H,19,20);1H. The lowest BCUT2D eigenvalue weighted by Gasteiger charge is -2.35. The Balaban J connectivity index is 0.00000312. The van der Waals surface area contributed by atoms with Gasteiger partial charge in [0.1, 0.15) is 0 Å². The fraction of sp³-hybridized carbons (Fsp3) is 0.667. The second-order valence-corrected chi connectivity index (χ2v) is 7.75. The fourth-order valence-electron chi connectivity index (χ4n) is 3.01. The molecule has 2 rings (SSSR count). The molecular weight excluding hydrogens is 449 g/mol. The maximum absolute atomic E-state index is 12.0. The summed E-state index contributed by atoms with van der Waals surface area (Å²) in [6, 6.07) is 4.26. The van der Waals surface area contributed by atoms with Gasteiger partial charge in [0.05, 0.1) is 12.5 Å². The Bertz CT molecular complexity index is 561. The number of hydrogen-bond donors (Lipinski definition) is 1. The zero-order chi connectivity index (χ0) is 17.6. The molecule has 1 saturated heterocycles. The van der Waals surface area contributed by atoms with Crippen molar-refractivity contribution in [3.05, 3.63) is 22.4 Å². The molecule has 1 aliphatic rings. The number of nitrogens with one attached hydrogen (secondary N) is 1. The highest BCUT2D eigenvalue weighted by molar-refractivity contribution is 14.0. The largest absolute Gasteiger partial charge is 0.466 e. The summed E-state index contributed by atoms with van der Waals surface area (Å²) in [5, 5.41) is 5.60. The van der Waals surface area contributed by atoms with Crippen LogP contribution in [0.15, 0.2) is 22.5 Å². The van der Waals surface area contributed by atoms with Crippen LogP contribution in [-0.4, -0.2) is 50.1 Å². The number of likely N-dealkylation sites (tertiary alicyclic amines) is 1. The molecule has 0 aliphatic carbocycles. The van der Waals surface area contributed by atoms with Crippen LogP contribution in [0.3, 0.4) is 0 Å². The van der Waals surface area contributed by atoms with E-state index in [0.717, 1.165) is 31.9 Å². The van der Waals surface area contributed by atoms with E-state index in [1.807, 2.05) is 6.92 Å². The lowest BCUT2D eigenvalue weighted by molar-refractivity contribution is -0.149. The zero-order valence-corrected chi connectivity index (χ0v) is 18.7. The Hall–Kier alpha value is -0.830. The van der Waals surface area contributed by atoms with Gasteiger partial charge in [-0.3, -0.25) is 9.79 Å². The minimum absolute atomic E-state index is 0. The van der Waals surface area contributed by atoms with Crippen LogP contribution >= 0.6 is 35.3 Å². The van der Waals surface area contributed by atoms with E-state index >= 15 is 0 Å². The van der Waals surface area contributed by atoms with E-state index < -0.39 is 0 Å². The van der Waals surface area contributed by atoms with Gasteiger partial charge in [-0.15, -0.1) is 35.3 Å². The number of thiophene rings is 1. The van der Waals surface area contributed by atoms with Crippen molar-refractivity contribution in [2.24, 2.45) is 10.9 Å². The van der Waals surface area contributed by atoms with E-state index in [4.69, 9.17) is 4.74 Å². The summed E-state index contributed by atoms with van der Waals surface area (Å²) in [4.78, 5) is 20.0. The van der Waals surface area contributed by atoms with Crippen molar-refractivity contribution in [2.75, 3.05) is 33.3 Å².